The number of anilines is 1. The van der Waals surface area contributed by atoms with Gasteiger partial charge in [0.2, 0.25) is 0 Å². The van der Waals surface area contributed by atoms with Gasteiger partial charge in [0.15, 0.2) is 0 Å². The molecular formula is C20H25N3O4S. The zero-order valence-electron chi connectivity index (χ0n) is 16.3. The van der Waals surface area contributed by atoms with Crippen LogP contribution in [0.4, 0.5) is 15.3 Å². The van der Waals surface area contributed by atoms with Crippen molar-refractivity contribution in [3.05, 3.63) is 34.7 Å². The van der Waals surface area contributed by atoms with Crippen LogP contribution < -0.4 is 15.5 Å². The zero-order chi connectivity index (χ0) is 20.3. The number of amides is 3. The predicted molar refractivity (Wildman–Crippen MR) is 110 cm³/mol. The Morgan fingerprint density at radius 1 is 1.32 bits per heavy atom. The summed E-state index contributed by atoms with van der Waals surface area (Å²) < 4.78 is 5.36. The van der Waals surface area contributed by atoms with Crippen molar-refractivity contribution < 1.29 is 19.1 Å². The third-order valence-electron chi connectivity index (χ3n) is 4.35. The van der Waals surface area contributed by atoms with Crippen LogP contribution in [0.2, 0.25) is 0 Å². The average molecular weight is 404 g/mol. The lowest BCUT2D eigenvalue weighted by Gasteiger charge is -2.36. The standard InChI is InChI=1S/C20H25N3O4S/c1-20(2,3)27-18(25)21-14-8-6-10-23(12-14)15-9-5-4-7-13(15)11-16-17(24)22-19(26)28-16/h4-5,7,9,11,14H,6,8,10,12H2,1-3H3,(H,21,25)(H,22,24,26)/t14-/m1/s1. The van der Waals surface area contributed by atoms with Crippen molar-refractivity contribution in [3.63, 3.8) is 0 Å². The molecule has 0 bridgehead atoms. The largest absolute Gasteiger partial charge is 0.444 e. The zero-order valence-corrected chi connectivity index (χ0v) is 17.1. The number of alkyl carbamates (subject to hydrolysis) is 1. The highest BCUT2D eigenvalue weighted by molar-refractivity contribution is 8.18. The van der Waals surface area contributed by atoms with Crippen LogP contribution in [0.1, 0.15) is 39.2 Å². The number of carbonyl (C=O) groups excluding carboxylic acids is 3. The Kier molecular flexibility index (Phi) is 5.98. The van der Waals surface area contributed by atoms with E-state index in [0.29, 0.717) is 11.4 Å². The minimum absolute atomic E-state index is 0.0185. The summed E-state index contributed by atoms with van der Waals surface area (Å²) in [5, 5.41) is 4.87. The van der Waals surface area contributed by atoms with Gasteiger partial charge in [0.05, 0.1) is 4.91 Å². The smallest absolute Gasteiger partial charge is 0.407 e. The maximum absolute atomic E-state index is 12.1. The number of imide groups is 1. The third-order valence-corrected chi connectivity index (χ3v) is 5.16. The molecule has 0 unspecified atom stereocenters. The molecule has 0 aromatic heterocycles. The lowest BCUT2D eigenvalue weighted by molar-refractivity contribution is -0.115. The summed E-state index contributed by atoms with van der Waals surface area (Å²) in [6, 6.07) is 7.73. The van der Waals surface area contributed by atoms with E-state index in [1.165, 1.54) is 0 Å². The van der Waals surface area contributed by atoms with Gasteiger partial charge >= 0.3 is 6.09 Å². The first kappa shape index (κ1) is 20.3. The molecule has 1 aromatic carbocycles. The topological polar surface area (TPSA) is 87.7 Å². The maximum atomic E-state index is 12.1. The number of benzene rings is 1. The van der Waals surface area contributed by atoms with E-state index in [0.717, 1.165) is 42.4 Å². The van der Waals surface area contributed by atoms with Crippen LogP contribution >= 0.6 is 11.8 Å². The van der Waals surface area contributed by atoms with E-state index < -0.39 is 11.7 Å². The summed E-state index contributed by atoms with van der Waals surface area (Å²) in [6.07, 6.45) is 3.14. The summed E-state index contributed by atoms with van der Waals surface area (Å²) in [7, 11) is 0. The highest BCUT2D eigenvalue weighted by Gasteiger charge is 2.27. The molecule has 0 saturated carbocycles. The molecule has 3 rings (SSSR count). The van der Waals surface area contributed by atoms with Crippen molar-refractivity contribution in [2.45, 2.75) is 45.3 Å². The minimum atomic E-state index is -0.534. The normalized spacial score (nSPS) is 21.6. The van der Waals surface area contributed by atoms with E-state index in [9.17, 15) is 14.4 Å². The Morgan fingerprint density at radius 2 is 2.07 bits per heavy atom. The fourth-order valence-electron chi connectivity index (χ4n) is 3.25. The van der Waals surface area contributed by atoms with Crippen LogP contribution in [0.15, 0.2) is 29.2 Å². The number of nitrogens with zero attached hydrogens (tertiary/aromatic N) is 1. The van der Waals surface area contributed by atoms with Crippen molar-refractivity contribution in [1.29, 1.82) is 0 Å². The molecule has 0 radical (unpaired) electrons. The first-order valence-corrected chi connectivity index (χ1v) is 10.1. The van der Waals surface area contributed by atoms with Gasteiger partial charge in [-0.05, 0) is 63.1 Å². The predicted octanol–water partition coefficient (Wildman–Crippen LogP) is 3.50. The fraction of sp³-hybridized carbons (Fsp3) is 0.450. The van der Waals surface area contributed by atoms with Crippen LogP contribution in [-0.2, 0) is 9.53 Å². The van der Waals surface area contributed by atoms with Crippen molar-refractivity contribution in [2.24, 2.45) is 0 Å². The summed E-state index contributed by atoms with van der Waals surface area (Å²) in [5.74, 6) is -0.368. The number of ether oxygens (including phenoxy) is 1. The van der Waals surface area contributed by atoms with E-state index in [2.05, 4.69) is 15.5 Å². The SMILES string of the molecule is CC(C)(C)OC(=O)N[C@@H]1CCCN(c2ccccc2C=C2SC(=O)NC2=O)C1. The van der Waals surface area contributed by atoms with Gasteiger partial charge in [0.1, 0.15) is 5.60 Å². The number of carbonyl (C=O) groups is 3. The van der Waals surface area contributed by atoms with Crippen LogP contribution in [-0.4, -0.2) is 42.0 Å². The number of thioether (sulfide) groups is 1. The molecule has 2 aliphatic heterocycles. The summed E-state index contributed by atoms with van der Waals surface area (Å²) in [4.78, 5) is 38.0. The van der Waals surface area contributed by atoms with Gasteiger partial charge in [-0.3, -0.25) is 14.9 Å². The Morgan fingerprint density at radius 3 is 2.75 bits per heavy atom. The van der Waals surface area contributed by atoms with E-state index in [1.54, 1.807) is 6.08 Å². The highest BCUT2D eigenvalue weighted by Crippen LogP contribution is 2.30. The van der Waals surface area contributed by atoms with Gasteiger partial charge in [0, 0.05) is 24.8 Å². The van der Waals surface area contributed by atoms with Crippen molar-refractivity contribution in [3.8, 4) is 0 Å². The van der Waals surface area contributed by atoms with Gasteiger partial charge in [-0.25, -0.2) is 4.79 Å². The summed E-state index contributed by atoms with van der Waals surface area (Å²) >= 11 is 0.908. The number of hydrogen-bond donors (Lipinski definition) is 2. The lowest BCUT2D eigenvalue weighted by atomic mass is 10.0. The summed E-state index contributed by atoms with van der Waals surface area (Å²) in [5.41, 5.74) is 1.31. The van der Waals surface area contributed by atoms with E-state index in [-0.39, 0.29) is 17.2 Å². The molecule has 3 amide bonds. The van der Waals surface area contributed by atoms with Crippen molar-refractivity contribution in [2.75, 3.05) is 18.0 Å². The molecule has 150 valence electrons. The number of piperidine rings is 1. The van der Waals surface area contributed by atoms with Gasteiger partial charge < -0.3 is 15.0 Å². The molecule has 2 saturated heterocycles. The Labute approximate surface area is 168 Å². The maximum Gasteiger partial charge on any atom is 0.407 e. The monoisotopic (exact) mass is 403 g/mol. The second-order valence-electron chi connectivity index (χ2n) is 7.84. The molecule has 8 heteroatoms. The Balaban J connectivity index is 1.73. The summed E-state index contributed by atoms with van der Waals surface area (Å²) in [6.45, 7) is 7.02. The Bertz CT molecular complexity index is 816. The molecule has 1 aromatic rings. The molecule has 2 fully saturated rings. The number of hydrogen-bond acceptors (Lipinski definition) is 6. The second kappa shape index (κ2) is 8.26. The Hall–Kier alpha value is -2.48. The molecular weight excluding hydrogens is 378 g/mol. The molecule has 28 heavy (non-hydrogen) atoms. The number of nitrogens with one attached hydrogen (secondary N) is 2. The van der Waals surface area contributed by atoms with E-state index in [1.807, 2.05) is 45.0 Å². The average Bonchev–Trinajstić information content (AvgIpc) is 2.91. The number of rotatable bonds is 3. The van der Waals surface area contributed by atoms with Crippen molar-refractivity contribution >= 4 is 40.8 Å². The second-order valence-corrected chi connectivity index (χ2v) is 8.86. The van der Waals surface area contributed by atoms with Gasteiger partial charge in [-0.2, -0.15) is 0 Å². The third kappa shape index (κ3) is 5.28. The van der Waals surface area contributed by atoms with Crippen molar-refractivity contribution in [1.82, 2.24) is 10.6 Å². The molecule has 1 atom stereocenters. The van der Waals surface area contributed by atoms with E-state index >= 15 is 0 Å². The van der Waals surface area contributed by atoms with Crippen LogP contribution in [0.3, 0.4) is 0 Å². The first-order valence-electron chi connectivity index (χ1n) is 9.29. The van der Waals surface area contributed by atoms with Gasteiger partial charge in [-0.15, -0.1) is 0 Å². The highest BCUT2D eigenvalue weighted by atomic mass is 32.2. The lowest BCUT2D eigenvalue weighted by Crippen LogP contribution is -2.49. The van der Waals surface area contributed by atoms with Crippen LogP contribution in [0.25, 0.3) is 6.08 Å². The van der Waals surface area contributed by atoms with Gasteiger partial charge in [-0.1, -0.05) is 18.2 Å². The quantitative estimate of drug-likeness (QED) is 0.751. The molecule has 2 aliphatic rings. The van der Waals surface area contributed by atoms with Gasteiger partial charge in [0.25, 0.3) is 11.1 Å². The minimum Gasteiger partial charge on any atom is -0.444 e. The van der Waals surface area contributed by atoms with Crippen LogP contribution in [0, 0.1) is 0 Å². The molecule has 2 N–H and O–H groups in total. The molecule has 7 nitrogen and oxygen atoms in total. The first-order chi connectivity index (χ1) is 13.2. The van der Waals surface area contributed by atoms with Crippen LogP contribution in [0.5, 0.6) is 0 Å². The number of para-hydroxylation sites is 1. The fourth-order valence-corrected chi connectivity index (χ4v) is 3.92. The van der Waals surface area contributed by atoms with E-state index in [4.69, 9.17) is 4.74 Å². The molecule has 0 aliphatic carbocycles. The molecule has 0 spiro atoms. The molecule has 2 heterocycles.